The van der Waals surface area contributed by atoms with Crippen molar-refractivity contribution < 1.29 is 9.32 Å². The lowest BCUT2D eigenvalue weighted by Gasteiger charge is -2.16. The second kappa shape index (κ2) is 6.23. The minimum absolute atomic E-state index is 0.291. The topological polar surface area (TPSA) is 110 Å². The molecule has 1 aromatic carbocycles. The summed E-state index contributed by atoms with van der Waals surface area (Å²) in [6, 6.07) is 9.00. The van der Waals surface area contributed by atoms with Crippen molar-refractivity contribution in [2.75, 3.05) is 0 Å². The molecular formula is C16H16N6O2. The Morgan fingerprint density at radius 2 is 2.04 bits per heavy atom. The normalized spacial score (nSPS) is 14.8. The molecule has 1 unspecified atom stereocenters. The summed E-state index contributed by atoms with van der Waals surface area (Å²) >= 11 is 0. The predicted molar refractivity (Wildman–Crippen MR) is 83.1 cm³/mol. The van der Waals surface area contributed by atoms with Crippen LogP contribution in [0, 0.1) is 0 Å². The maximum atomic E-state index is 12.7. The van der Waals surface area contributed by atoms with Crippen LogP contribution in [0.15, 0.2) is 34.9 Å². The first-order valence-corrected chi connectivity index (χ1v) is 7.89. The van der Waals surface area contributed by atoms with E-state index in [0.717, 1.165) is 42.6 Å². The van der Waals surface area contributed by atoms with Crippen LogP contribution < -0.4 is 5.32 Å². The monoisotopic (exact) mass is 324 g/mol. The van der Waals surface area contributed by atoms with Crippen molar-refractivity contribution in [2.45, 2.75) is 31.7 Å². The highest BCUT2D eigenvalue weighted by Crippen LogP contribution is 2.25. The average Bonchev–Trinajstić information content (AvgIpc) is 3.30. The Kier molecular flexibility index (Phi) is 3.78. The van der Waals surface area contributed by atoms with Gasteiger partial charge in [-0.05, 0) is 24.8 Å². The van der Waals surface area contributed by atoms with Gasteiger partial charge < -0.3 is 9.84 Å². The summed E-state index contributed by atoms with van der Waals surface area (Å²) in [5, 5.41) is 20.9. The van der Waals surface area contributed by atoms with E-state index in [9.17, 15) is 4.79 Å². The summed E-state index contributed by atoms with van der Waals surface area (Å²) in [4.78, 5) is 12.7. The third kappa shape index (κ3) is 2.66. The van der Waals surface area contributed by atoms with Gasteiger partial charge in [-0.25, -0.2) is 0 Å². The first-order chi connectivity index (χ1) is 11.8. The van der Waals surface area contributed by atoms with Crippen molar-refractivity contribution in [1.82, 2.24) is 31.1 Å². The third-order valence-corrected chi connectivity index (χ3v) is 4.19. The second-order valence-corrected chi connectivity index (χ2v) is 5.73. The highest BCUT2D eigenvalue weighted by Gasteiger charge is 2.27. The minimum Gasteiger partial charge on any atom is -0.360 e. The number of carbonyl (C=O) groups excluding carboxylic acids is 1. The van der Waals surface area contributed by atoms with Gasteiger partial charge in [0.05, 0.1) is 0 Å². The SMILES string of the molecule is O=C(NC(c1ccccc1)c1nn[nH]n1)c1noc2c1CCCC2. The molecular weight excluding hydrogens is 308 g/mol. The van der Waals surface area contributed by atoms with Crippen LogP contribution >= 0.6 is 0 Å². The van der Waals surface area contributed by atoms with Gasteiger partial charge in [-0.2, -0.15) is 5.21 Å². The summed E-state index contributed by atoms with van der Waals surface area (Å²) in [5.41, 5.74) is 2.14. The number of aromatic amines is 1. The highest BCUT2D eigenvalue weighted by atomic mass is 16.5. The van der Waals surface area contributed by atoms with Crippen molar-refractivity contribution in [3.63, 3.8) is 0 Å². The number of hydrogen-bond donors (Lipinski definition) is 2. The zero-order chi connectivity index (χ0) is 16.4. The number of nitrogens with one attached hydrogen (secondary N) is 2. The quantitative estimate of drug-likeness (QED) is 0.754. The van der Waals surface area contributed by atoms with Crippen molar-refractivity contribution in [3.05, 3.63) is 58.7 Å². The molecule has 8 nitrogen and oxygen atoms in total. The fourth-order valence-corrected chi connectivity index (χ4v) is 3.00. The van der Waals surface area contributed by atoms with Gasteiger partial charge in [0.2, 0.25) is 5.82 Å². The van der Waals surface area contributed by atoms with E-state index in [0.29, 0.717) is 11.5 Å². The number of amides is 1. The van der Waals surface area contributed by atoms with Crippen molar-refractivity contribution in [3.8, 4) is 0 Å². The van der Waals surface area contributed by atoms with Crippen LogP contribution in [0.2, 0.25) is 0 Å². The molecule has 0 fully saturated rings. The number of benzene rings is 1. The van der Waals surface area contributed by atoms with Gasteiger partial charge in [-0.3, -0.25) is 4.79 Å². The Balaban J connectivity index is 1.63. The van der Waals surface area contributed by atoms with Gasteiger partial charge in [0.15, 0.2) is 5.69 Å². The van der Waals surface area contributed by atoms with Gasteiger partial charge in [0.25, 0.3) is 5.91 Å². The molecule has 0 radical (unpaired) electrons. The first kappa shape index (κ1) is 14.6. The van der Waals surface area contributed by atoms with Crippen LogP contribution in [0.1, 0.15) is 52.1 Å². The van der Waals surface area contributed by atoms with E-state index in [1.165, 1.54) is 0 Å². The standard InChI is InChI=1S/C16H16N6O2/c23-16(14-11-8-4-5-9-12(11)24-20-14)17-13(15-18-21-22-19-15)10-6-2-1-3-7-10/h1-3,6-7,13H,4-5,8-9H2,(H,17,23)(H,18,19,21,22). The second-order valence-electron chi connectivity index (χ2n) is 5.73. The van der Waals surface area contributed by atoms with E-state index in [4.69, 9.17) is 4.52 Å². The number of nitrogens with zero attached hydrogens (tertiary/aromatic N) is 4. The zero-order valence-corrected chi connectivity index (χ0v) is 12.9. The number of fused-ring (bicyclic) bond motifs is 1. The molecule has 1 aliphatic rings. The molecule has 2 heterocycles. The van der Waals surface area contributed by atoms with E-state index >= 15 is 0 Å². The summed E-state index contributed by atoms with van der Waals surface area (Å²) in [6.45, 7) is 0. The number of rotatable bonds is 4. The largest absolute Gasteiger partial charge is 0.360 e. The highest BCUT2D eigenvalue weighted by molar-refractivity contribution is 5.94. The zero-order valence-electron chi connectivity index (χ0n) is 12.9. The van der Waals surface area contributed by atoms with Crippen molar-refractivity contribution in [2.24, 2.45) is 0 Å². The number of tetrazole rings is 1. The van der Waals surface area contributed by atoms with Crippen molar-refractivity contribution >= 4 is 5.91 Å². The van der Waals surface area contributed by atoms with Crippen LogP contribution in [0.3, 0.4) is 0 Å². The molecule has 24 heavy (non-hydrogen) atoms. The van der Waals surface area contributed by atoms with E-state index < -0.39 is 6.04 Å². The molecule has 0 spiro atoms. The van der Waals surface area contributed by atoms with Crippen LogP contribution in [-0.4, -0.2) is 31.7 Å². The smallest absolute Gasteiger partial charge is 0.274 e. The molecule has 8 heteroatoms. The predicted octanol–water partition coefficient (Wildman–Crippen LogP) is 1.59. The Labute approximate surface area is 137 Å². The molecule has 0 aliphatic heterocycles. The number of aromatic nitrogens is 5. The number of aryl methyl sites for hydroxylation is 1. The molecule has 122 valence electrons. The number of hydrogen-bond acceptors (Lipinski definition) is 6. The van der Waals surface area contributed by atoms with Crippen LogP contribution in [0.25, 0.3) is 0 Å². The fourth-order valence-electron chi connectivity index (χ4n) is 3.00. The fraction of sp³-hybridized carbons (Fsp3) is 0.312. The molecule has 4 rings (SSSR count). The summed E-state index contributed by atoms with van der Waals surface area (Å²) in [6.07, 6.45) is 3.77. The van der Waals surface area contributed by atoms with Gasteiger partial charge >= 0.3 is 0 Å². The first-order valence-electron chi connectivity index (χ1n) is 7.89. The summed E-state index contributed by atoms with van der Waals surface area (Å²) in [5.74, 6) is 0.926. The summed E-state index contributed by atoms with van der Waals surface area (Å²) in [7, 11) is 0. The van der Waals surface area contributed by atoms with Crippen LogP contribution in [0.5, 0.6) is 0 Å². The maximum absolute atomic E-state index is 12.7. The van der Waals surface area contributed by atoms with E-state index in [2.05, 4.69) is 31.1 Å². The molecule has 0 saturated carbocycles. The molecule has 1 atom stereocenters. The molecule has 2 N–H and O–H groups in total. The third-order valence-electron chi connectivity index (χ3n) is 4.19. The van der Waals surface area contributed by atoms with Gasteiger partial charge in [0.1, 0.15) is 11.8 Å². The van der Waals surface area contributed by atoms with Crippen molar-refractivity contribution in [1.29, 1.82) is 0 Å². The number of carbonyl (C=O) groups is 1. The minimum atomic E-state index is -0.506. The van der Waals surface area contributed by atoms with E-state index in [1.807, 2.05) is 30.3 Å². The Morgan fingerprint density at radius 1 is 1.21 bits per heavy atom. The Bertz CT molecular complexity index is 828. The molecule has 0 saturated heterocycles. The lowest BCUT2D eigenvalue weighted by molar-refractivity contribution is 0.0931. The average molecular weight is 324 g/mol. The van der Waals surface area contributed by atoms with Crippen LogP contribution in [-0.2, 0) is 12.8 Å². The van der Waals surface area contributed by atoms with Gasteiger partial charge in [-0.1, -0.05) is 40.7 Å². The molecule has 2 aromatic heterocycles. The van der Waals surface area contributed by atoms with E-state index in [1.54, 1.807) is 0 Å². The lowest BCUT2D eigenvalue weighted by Crippen LogP contribution is -2.31. The Hall–Kier alpha value is -3.03. The Morgan fingerprint density at radius 3 is 2.83 bits per heavy atom. The molecule has 3 aromatic rings. The lowest BCUT2D eigenvalue weighted by atomic mass is 9.96. The molecule has 1 aliphatic carbocycles. The number of H-pyrrole nitrogens is 1. The van der Waals surface area contributed by atoms with E-state index in [-0.39, 0.29) is 5.91 Å². The molecule has 1 amide bonds. The van der Waals surface area contributed by atoms with Gasteiger partial charge in [-0.15, -0.1) is 10.2 Å². The van der Waals surface area contributed by atoms with Crippen LogP contribution in [0.4, 0.5) is 0 Å². The van der Waals surface area contributed by atoms with Gasteiger partial charge in [0, 0.05) is 12.0 Å². The maximum Gasteiger partial charge on any atom is 0.274 e. The summed E-state index contributed by atoms with van der Waals surface area (Å²) < 4.78 is 5.33. The molecule has 0 bridgehead atoms.